The van der Waals surface area contributed by atoms with E-state index in [0.29, 0.717) is 11.2 Å². The molecule has 20 nitrogen and oxygen atoms in total. The fraction of sp³-hybridized carbons (Fsp3) is 0.522. The van der Waals surface area contributed by atoms with E-state index in [4.69, 9.17) is 28.6 Å². The van der Waals surface area contributed by atoms with Crippen LogP contribution in [0.3, 0.4) is 0 Å². The minimum atomic E-state index is -5.02. The fourth-order valence-electron chi connectivity index (χ4n) is 6.04. The zero-order valence-corrected chi connectivity index (χ0v) is 26.3. The van der Waals surface area contributed by atoms with E-state index in [-0.39, 0.29) is 23.5 Å². The van der Waals surface area contributed by atoms with Crippen molar-refractivity contribution in [2.45, 2.75) is 54.1 Å². The molecule has 2 bridgehead atoms. The van der Waals surface area contributed by atoms with Gasteiger partial charge in [-0.25, -0.2) is 24.1 Å². The molecule has 248 valence electrons. The van der Waals surface area contributed by atoms with Gasteiger partial charge in [0.2, 0.25) is 5.95 Å². The lowest BCUT2D eigenvalue weighted by Crippen LogP contribution is -2.36. The zero-order chi connectivity index (χ0) is 32.5. The van der Waals surface area contributed by atoms with Gasteiger partial charge in [0, 0.05) is 17.0 Å². The number of imidazole rings is 2. The normalized spacial score (nSPS) is 37.2. The lowest BCUT2D eigenvalue weighted by atomic mass is 10.1. The van der Waals surface area contributed by atoms with Crippen molar-refractivity contribution in [2.24, 2.45) is 5.92 Å². The maximum Gasteiger partial charge on any atom is 0.472 e. The monoisotopic (exact) mass is 702 g/mol. The van der Waals surface area contributed by atoms with E-state index in [1.807, 2.05) is 6.26 Å². The summed E-state index contributed by atoms with van der Waals surface area (Å²) in [4.78, 5) is 53.7. The van der Waals surface area contributed by atoms with Gasteiger partial charge in [-0.15, -0.1) is 11.8 Å². The molecule has 3 aliphatic rings. The first-order chi connectivity index (χ1) is 21.9. The third-order valence-corrected chi connectivity index (χ3v) is 10.9. The van der Waals surface area contributed by atoms with Gasteiger partial charge in [0.1, 0.15) is 29.9 Å². The summed E-state index contributed by atoms with van der Waals surface area (Å²) >= 11 is 1.43. The highest BCUT2D eigenvalue weighted by atomic mass is 32.2. The molecular formula is C23H28N8O12P2S. The van der Waals surface area contributed by atoms with Crippen LogP contribution in [0.2, 0.25) is 0 Å². The Morgan fingerprint density at radius 2 is 1.67 bits per heavy atom. The molecule has 23 heteroatoms. The molecule has 0 spiro atoms. The van der Waals surface area contributed by atoms with Gasteiger partial charge in [-0.3, -0.25) is 32.4 Å². The van der Waals surface area contributed by atoms with Crippen LogP contribution in [0.25, 0.3) is 22.3 Å². The van der Waals surface area contributed by atoms with Crippen molar-refractivity contribution in [3.05, 3.63) is 35.3 Å². The van der Waals surface area contributed by atoms with Crippen molar-refractivity contribution >= 4 is 55.7 Å². The predicted molar refractivity (Wildman–Crippen MR) is 156 cm³/mol. The highest BCUT2D eigenvalue weighted by Gasteiger charge is 2.53. The standard InChI is InChI=1S/C23H28N8O12P2S/c1-46-12-2-3-25-19-13(12)26-8-31(19)22-16(33)18-11(41-22)6-40-45(37,38)42-17-10(4-9(15(17)32)5-39-44(35,36)43-18)30-7-27-14-20(30)28-23(24)29-21(14)34/h2-3,7-11,15-18,22,32-33H,4-6H2,1H3,(H,35,36)(H,37,38)(H3,24,28,29,34)/t9-,10-,11-,15?,16+,17-,18?,22-/m1/s1. The van der Waals surface area contributed by atoms with Crippen molar-refractivity contribution in [2.75, 3.05) is 25.2 Å². The number of pyridine rings is 1. The summed E-state index contributed by atoms with van der Waals surface area (Å²) in [6, 6.07) is 0.777. The molecule has 4 aromatic heterocycles. The van der Waals surface area contributed by atoms with E-state index < -0.39 is 83.1 Å². The molecule has 1 aliphatic carbocycles. The van der Waals surface area contributed by atoms with E-state index >= 15 is 0 Å². The van der Waals surface area contributed by atoms with Crippen LogP contribution in [0.15, 0.2) is 34.6 Å². The van der Waals surface area contributed by atoms with Crippen LogP contribution in [0.5, 0.6) is 0 Å². The number of hydrogen-bond acceptors (Lipinski definition) is 16. The topological polar surface area (TPSA) is 282 Å². The predicted octanol–water partition coefficient (Wildman–Crippen LogP) is 0.0668. The van der Waals surface area contributed by atoms with Gasteiger partial charge in [-0.2, -0.15) is 4.98 Å². The number of aromatic amines is 1. The average Bonchev–Trinajstić information content (AvgIpc) is 3.76. The molecule has 7 rings (SSSR count). The van der Waals surface area contributed by atoms with E-state index in [1.54, 1.807) is 12.3 Å². The Kier molecular flexibility index (Phi) is 8.11. The molecule has 46 heavy (non-hydrogen) atoms. The summed E-state index contributed by atoms with van der Waals surface area (Å²) in [5.74, 6) is -1.18. The lowest BCUT2D eigenvalue weighted by molar-refractivity contribution is -0.0552. The Morgan fingerprint density at radius 3 is 2.43 bits per heavy atom. The maximum atomic E-state index is 13.3. The van der Waals surface area contributed by atoms with Gasteiger partial charge in [-0.05, 0) is 18.7 Å². The summed E-state index contributed by atoms with van der Waals surface area (Å²) in [5.41, 5.74) is 5.85. The second-order valence-corrected chi connectivity index (χ2v) is 14.6. The zero-order valence-electron chi connectivity index (χ0n) is 23.7. The molecule has 3 fully saturated rings. The van der Waals surface area contributed by atoms with Crippen LogP contribution < -0.4 is 11.3 Å². The van der Waals surface area contributed by atoms with E-state index in [2.05, 4.69) is 24.9 Å². The number of fused-ring (bicyclic) bond motifs is 5. The largest absolute Gasteiger partial charge is 0.472 e. The molecule has 4 aromatic rings. The van der Waals surface area contributed by atoms with E-state index in [9.17, 15) is 33.9 Å². The molecule has 2 saturated heterocycles. The second-order valence-electron chi connectivity index (χ2n) is 10.9. The second kappa shape index (κ2) is 11.7. The number of ether oxygens (including phenoxy) is 1. The summed E-state index contributed by atoms with van der Waals surface area (Å²) in [5, 5.41) is 22.4. The first-order valence-corrected chi connectivity index (χ1v) is 18.0. The minimum absolute atomic E-state index is 0.00739. The number of aliphatic hydroxyl groups excluding tert-OH is 2. The number of anilines is 1. The molecule has 0 amide bonds. The molecule has 0 aromatic carbocycles. The molecule has 10 atom stereocenters. The number of H-pyrrole nitrogens is 1. The average molecular weight is 703 g/mol. The summed E-state index contributed by atoms with van der Waals surface area (Å²) < 4.78 is 56.5. The van der Waals surface area contributed by atoms with Crippen molar-refractivity contribution in [1.82, 2.24) is 34.1 Å². The Balaban J connectivity index is 1.20. The van der Waals surface area contributed by atoms with Gasteiger partial charge >= 0.3 is 15.6 Å². The lowest BCUT2D eigenvalue weighted by Gasteiger charge is -2.26. The van der Waals surface area contributed by atoms with Gasteiger partial charge in [0.15, 0.2) is 23.0 Å². The number of aromatic nitrogens is 7. The van der Waals surface area contributed by atoms with Crippen LogP contribution in [-0.2, 0) is 32.0 Å². The SMILES string of the molecule is CSc1ccnc2c1ncn2[C@@H]1O[C@@H]2COP(=O)(O)O[C@H]3C(O)[C@@H](COP(=O)(O)OC2[C@@H]1O)C[C@H]3n1cnc2c(=O)[nH]c(N)nc21. The van der Waals surface area contributed by atoms with Crippen LogP contribution in [-0.4, -0.2) is 104 Å². The Labute approximate surface area is 262 Å². The minimum Gasteiger partial charge on any atom is -0.390 e. The Hall–Kier alpha value is -2.78. The summed E-state index contributed by atoms with van der Waals surface area (Å²) in [6.45, 7) is -1.34. The third-order valence-electron chi connectivity index (χ3n) is 8.14. The number of nitrogens with zero attached hydrogens (tertiary/aromatic N) is 6. The Bertz CT molecular complexity index is 1960. The number of nitrogens with two attached hydrogens (primary N) is 1. The van der Waals surface area contributed by atoms with Crippen molar-refractivity contribution in [1.29, 1.82) is 0 Å². The van der Waals surface area contributed by atoms with E-state index in [0.717, 1.165) is 4.90 Å². The number of nitrogen functional groups attached to an aromatic ring is 1. The molecule has 7 N–H and O–H groups in total. The molecular weight excluding hydrogens is 674 g/mol. The van der Waals surface area contributed by atoms with Crippen LogP contribution >= 0.6 is 27.4 Å². The number of nitrogens with one attached hydrogen (secondary N) is 1. The van der Waals surface area contributed by atoms with Crippen molar-refractivity contribution in [3.63, 3.8) is 0 Å². The van der Waals surface area contributed by atoms with Crippen molar-refractivity contribution in [3.8, 4) is 0 Å². The highest BCUT2D eigenvalue weighted by molar-refractivity contribution is 7.98. The first kappa shape index (κ1) is 31.8. The Morgan fingerprint density at radius 1 is 0.978 bits per heavy atom. The van der Waals surface area contributed by atoms with Gasteiger partial charge in [0.05, 0.1) is 38.0 Å². The molecule has 6 heterocycles. The fourth-order valence-corrected chi connectivity index (χ4v) is 8.55. The van der Waals surface area contributed by atoms with Crippen LogP contribution in [0.1, 0.15) is 18.7 Å². The number of rotatable bonds is 3. The maximum absolute atomic E-state index is 13.3. The molecule has 4 unspecified atom stereocenters. The van der Waals surface area contributed by atoms with Gasteiger partial charge < -0.3 is 35.0 Å². The number of thioether (sulfide) groups is 1. The van der Waals surface area contributed by atoms with Crippen LogP contribution in [0.4, 0.5) is 5.95 Å². The molecule has 0 radical (unpaired) electrons. The van der Waals surface area contributed by atoms with Gasteiger partial charge in [0.25, 0.3) is 5.56 Å². The third kappa shape index (κ3) is 5.59. The molecule has 2 aliphatic heterocycles. The first-order valence-electron chi connectivity index (χ1n) is 13.8. The highest BCUT2D eigenvalue weighted by Crippen LogP contribution is 2.55. The number of phosphoric acid groups is 2. The smallest absolute Gasteiger partial charge is 0.390 e. The molecule has 1 saturated carbocycles. The summed E-state index contributed by atoms with van der Waals surface area (Å²) in [7, 11) is -9.98. The van der Waals surface area contributed by atoms with Crippen molar-refractivity contribution < 1.29 is 52.0 Å². The van der Waals surface area contributed by atoms with Gasteiger partial charge in [-0.1, -0.05) is 0 Å². The number of phosphoric ester groups is 2. The quantitative estimate of drug-likeness (QED) is 0.122. The number of hydrogen-bond donors (Lipinski definition) is 6. The summed E-state index contributed by atoms with van der Waals surface area (Å²) in [6.07, 6.45) is -2.95. The number of aliphatic hydroxyl groups is 2. The van der Waals surface area contributed by atoms with E-state index in [1.165, 1.54) is 33.6 Å². The van der Waals surface area contributed by atoms with Crippen LogP contribution in [0, 0.1) is 5.92 Å².